The van der Waals surface area contributed by atoms with E-state index in [-0.39, 0.29) is 5.91 Å². The topological polar surface area (TPSA) is 40.5 Å². The zero-order valence-corrected chi connectivity index (χ0v) is 13.8. The summed E-state index contributed by atoms with van der Waals surface area (Å²) in [5.74, 6) is 0.791. The van der Waals surface area contributed by atoms with Crippen molar-refractivity contribution in [3.8, 4) is 5.75 Å². The lowest BCUT2D eigenvalue weighted by Crippen LogP contribution is -2.20. The van der Waals surface area contributed by atoms with E-state index >= 15 is 0 Å². The lowest BCUT2D eigenvalue weighted by Gasteiger charge is -2.29. The molecule has 0 spiro atoms. The Morgan fingerprint density at radius 1 is 1.26 bits per heavy atom. The molecule has 1 N–H and O–H groups in total. The molecule has 1 heterocycles. The number of phenolic OH excluding ortho intramolecular Hbond substituents is 1. The van der Waals surface area contributed by atoms with E-state index < -0.39 is 11.6 Å². The maximum atomic E-state index is 13.4. The molecule has 0 aromatic heterocycles. The van der Waals surface area contributed by atoms with Crippen molar-refractivity contribution < 1.29 is 14.3 Å². The first-order valence-corrected chi connectivity index (χ1v) is 8.46. The number of rotatable bonds is 3. The van der Waals surface area contributed by atoms with E-state index in [0.29, 0.717) is 23.6 Å². The summed E-state index contributed by atoms with van der Waals surface area (Å²) in [6.45, 7) is 4.95. The lowest BCUT2D eigenvalue weighted by molar-refractivity contribution is 0.0841. The van der Waals surface area contributed by atoms with Crippen LogP contribution in [0, 0.1) is 23.6 Å². The molecule has 4 heteroatoms. The summed E-state index contributed by atoms with van der Waals surface area (Å²) in [4.78, 5) is 13.9. The summed E-state index contributed by atoms with van der Waals surface area (Å²) >= 11 is 0. The van der Waals surface area contributed by atoms with Crippen LogP contribution in [0.4, 0.5) is 4.39 Å². The average molecular weight is 317 g/mol. The van der Waals surface area contributed by atoms with Crippen molar-refractivity contribution >= 4 is 5.91 Å². The van der Waals surface area contributed by atoms with E-state index in [1.165, 1.54) is 37.8 Å². The predicted octanol–water partition coefficient (Wildman–Crippen LogP) is 4.46. The Kier molecular flexibility index (Phi) is 4.42. The van der Waals surface area contributed by atoms with Gasteiger partial charge in [0, 0.05) is 11.8 Å². The number of fused-ring (bicyclic) bond motifs is 1. The quantitative estimate of drug-likeness (QED) is 0.894. The first kappa shape index (κ1) is 16.0. The monoisotopic (exact) mass is 317 g/mol. The maximum Gasteiger partial charge on any atom is 0.258 e. The van der Waals surface area contributed by atoms with E-state index in [1.807, 2.05) is 6.20 Å². The lowest BCUT2D eigenvalue weighted by atomic mass is 9.77. The highest BCUT2D eigenvalue weighted by Gasteiger charge is 2.28. The summed E-state index contributed by atoms with van der Waals surface area (Å²) < 4.78 is 13.4. The van der Waals surface area contributed by atoms with Crippen LogP contribution in [0.15, 0.2) is 24.4 Å². The van der Waals surface area contributed by atoms with Gasteiger partial charge in [0.1, 0.15) is 0 Å². The number of aromatic hydroxyl groups is 1. The summed E-state index contributed by atoms with van der Waals surface area (Å²) in [5, 5.41) is 9.43. The molecule has 0 radical (unpaired) electrons. The summed E-state index contributed by atoms with van der Waals surface area (Å²) in [6, 6.07) is 2.49. The van der Waals surface area contributed by atoms with E-state index in [2.05, 4.69) is 19.9 Å². The Hall–Kier alpha value is -1.84. The predicted molar refractivity (Wildman–Crippen MR) is 87.4 cm³/mol. The standard InChI is InChI=1S/C19H24FNO2/c1-12(2)14-5-3-13(4-6-14)7-8-21-11-15-9-17(20)18(22)10-16(15)19(21)23/h7-10,12-14,22H,3-6,11H2,1-2H3. The van der Waals surface area contributed by atoms with Crippen LogP contribution >= 0.6 is 0 Å². The van der Waals surface area contributed by atoms with Gasteiger partial charge in [-0.1, -0.05) is 19.9 Å². The minimum absolute atomic E-state index is 0.164. The van der Waals surface area contributed by atoms with Gasteiger partial charge < -0.3 is 10.0 Å². The van der Waals surface area contributed by atoms with Crippen LogP contribution in [0.25, 0.3) is 0 Å². The zero-order chi connectivity index (χ0) is 16.6. The Bertz CT molecular complexity index is 631. The van der Waals surface area contributed by atoms with E-state index in [0.717, 1.165) is 11.8 Å². The maximum absolute atomic E-state index is 13.4. The van der Waals surface area contributed by atoms with Gasteiger partial charge in [-0.25, -0.2) is 4.39 Å². The molecule has 1 aromatic rings. The molecule has 2 aliphatic rings. The first-order chi connectivity index (χ1) is 11.0. The summed E-state index contributed by atoms with van der Waals surface area (Å²) in [6.07, 6.45) is 8.81. The highest BCUT2D eigenvalue weighted by atomic mass is 19.1. The van der Waals surface area contributed by atoms with Crippen molar-refractivity contribution in [2.75, 3.05) is 0 Å². The summed E-state index contributed by atoms with van der Waals surface area (Å²) in [7, 11) is 0. The fourth-order valence-corrected chi connectivity index (χ4v) is 3.69. The zero-order valence-electron chi connectivity index (χ0n) is 13.8. The third-order valence-corrected chi connectivity index (χ3v) is 5.30. The van der Waals surface area contributed by atoms with Crippen molar-refractivity contribution in [3.63, 3.8) is 0 Å². The molecule has 0 saturated heterocycles. The number of carbonyl (C=O) groups is 1. The highest BCUT2D eigenvalue weighted by molar-refractivity contribution is 5.99. The van der Waals surface area contributed by atoms with Crippen LogP contribution in [-0.4, -0.2) is 15.9 Å². The molecule has 0 bridgehead atoms. The largest absolute Gasteiger partial charge is 0.505 e. The molecule has 124 valence electrons. The number of hydrogen-bond acceptors (Lipinski definition) is 2. The number of allylic oxidation sites excluding steroid dienone is 1. The molecule has 3 nitrogen and oxygen atoms in total. The minimum Gasteiger partial charge on any atom is -0.505 e. The molecular formula is C19H24FNO2. The fourth-order valence-electron chi connectivity index (χ4n) is 3.69. The second-order valence-corrected chi connectivity index (χ2v) is 7.15. The second kappa shape index (κ2) is 6.34. The van der Waals surface area contributed by atoms with Gasteiger partial charge in [-0.3, -0.25) is 4.79 Å². The van der Waals surface area contributed by atoms with Crippen LogP contribution < -0.4 is 0 Å². The van der Waals surface area contributed by atoms with Crippen LogP contribution in [-0.2, 0) is 6.54 Å². The normalized spacial score (nSPS) is 24.7. The number of amides is 1. The van der Waals surface area contributed by atoms with Gasteiger partial charge >= 0.3 is 0 Å². The fraction of sp³-hybridized carbons (Fsp3) is 0.526. The highest BCUT2D eigenvalue weighted by Crippen LogP contribution is 2.34. The first-order valence-electron chi connectivity index (χ1n) is 8.46. The third-order valence-electron chi connectivity index (χ3n) is 5.30. The number of hydrogen-bond donors (Lipinski definition) is 1. The molecule has 0 atom stereocenters. The summed E-state index contributed by atoms with van der Waals surface area (Å²) in [5.41, 5.74) is 1.04. The van der Waals surface area contributed by atoms with E-state index in [9.17, 15) is 14.3 Å². The number of carbonyl (C=O) groups excluding carboxylic acids is 1. The van der Waals surface area contributed by atoms with Crippen molar-refractivity contribution in [1.29, 1.82) is 0 Å². The van der Waals surface area contributed by atoms with Crippen molar-refractivity contribution in [2.45, 2.75) is 46.1 Å². The van der Waals surface area contributed by atoms with Crippen molar-refractivity contribution in [1.82, 2.24) is 4.90 Å². The van der Waals surface area contributed by atoms with Crippen molar-refractivity contribution in [3.05, 3.63) is 41.4 Å². The molecular weight excluding hydrogens is 293 g/mol. The number of nitrogens with zero attached hydrogens (tertiary/aromatic N) is 1. The van der Waals surface area contributed by atoms with Gasteiger partial charge in [0.2, 0.25) is 0 Å². The Morgan fingerprint density at radius 2 is 1.96 bits per heavy atom. The number of benzene rings is 1. The van der Waals surface area contributed by atoms with Gasteiger partial charge in [0.25, 0.3) is 5.91 Å². The van der Waals surface area contributed by atoms with Crippen LogP contribution in [0.3, 0.4) is 0 Å². The Labute approximate surface area is 136 Å². The van der Waals surface area contributed by atoms with Crippen LogP contribution in [0.2, 0.25) is 0 Å². The Morgan fingerprint density at radius 3 is 2.61 bits per heavy atom. The van der Waals surface area contributed by atoms with E-state index in [4.69, 9.17) is 0 Å². The van der Waals surface area contributed by atoms with E-state index in [1.54, 1.807) is 4.90 Å². The molecule has 1 aliphatic heterocycles. The van der Waals surface area contributed by atoms with Gasteiger partial charge in [-0.2, -0.15) is 0 Å². The SMILES string of the molecule is CC(C)C1CCC(C=CN2Cc3cc(F)c(O)cc3C2=O)CC1. The van der Waals surface area contributed by atoms with Gasteiger partial charge in [0.15, 0.2) is 11.6 Å². The van der Waals surface area contributed by atoms with Gasteiger partial charge in [-0.15, -0.1) is 0 Å². The van der Waals surface area contributed by atoms with Gasteiger partial charge in [-0.05, 0) is 61.1 Å². The smallest absolute Gasteiger partial charge is 0.258 e. The van der Waals surface area contributed by atoms with Crippen molar-refractivity contribution in [2.24, 2.45) is 17.8 Å². The second-order valence-electron chi connectivity index (χ2n) is 7.15. The molecule has 1 fully saturated rings. The minimum atomic E-state index is -0.672. The van der Waals surface area contributed by atoms with Gasteiger partial charge in [0.05, 0.1) is 6.54 Å². The number of phenols is 1. The van der Waals surface area contributed by atoms with Crippen LogP contribution in [0.5, 0.6) is 5.75 Å². The molecule has 1 amide bonds. The molecule has 23 heavy (non-hydrogen) atoms. The molecule has 3 rings (SSSR count). The Balaban J connectivity index is 1.63. The number of halogens is 1. The third kappa shape index (κ3) is 3.26. The molecule has 0 unspecified atom stereocenters. The van der Waals surface area contributed by atoms with Crippen LogP contribution in [0.1, 0.15) is 55.5 Å². The average Bonchev–Trinajstić information content (AvgIpc) is 2.82. The molecule has 1 aliphatic carbocycles. The molecule has 1 aromatic carbocycles. The molecule has 1 saturated carbocycles.